The van der Waals surface area contributed by atoms with Gasteiger partial charge in [0.2, 0.25) is 0 Å². The highest BCUT2D eigenvalue weighted by Crippen LogP contribution is 2.29. The molecule has 0 radical (unpaired) electrons. The molecule has 0 atom stereocenters. The first-order valence-corrected chi connectivity index (χ1v) is 13.8. The van der Waals surface area contributed by atoms with Crippen LogP contribution in [-0.4, -0.2) is 29.0 Å². The molecule has 0 saturated carbocycles. The van der Waals surface area contributed by atoms with Gasteiger partial charge in [0.25, 0.3) is 0 Å². The van der Waals surface area contributed by atoms with E-state index in [1.54, 1.807) is 18.3 Å². The Balaban J connectivity index is 2.07. The number of thiophene rings is 1. The van der Waals surface area contributed by atoms with Crippen LogP contribution in [0.25, 0.3) is 16.1 Å². The van der Waals surface area contributed by atoms with Crippen molar-refractivity contribution in [2.24, 2.45) is 10.9 Å². The molecule has 0 amide bonds. The number of hydrogen-bond acceptors (Lipinski definition) is 5. The maximum absolute atomic E-state index is 14.7. The van der Waals surface area contributed by atoms with Gasteiger partial charge in [-0.05, 0) is 73.4 Å². The molecular formula is C30H36FN3O3S. The van der Waals surface area contributed by atoms with Crippen LogP contribution in [0.4, 0.5) is 10.2 Å². The summed E-state index contributed by atoms with van der Waals surface area (Å²) in [5.41, 5.74) is 3.26. The van der Waals surface area contributed by atoms with E-state index in [0.717, 1.165) is 47.4 Å². The summed E-state index contributed by atoms with van der Waals surface area (Å²) < 4.78 is 19.8. The fraction of sp³-hybridized carbons (Fsp3) is 0.367. The van der Waals surface area contributed by atoms with E-state index in [1.807, 2.05) is 30.5 Å². The van der Waals surface area contributed by atoms with E-state index in [1.165, 1.54) is 24.5 Å². The minimum Gasteiger partial charge on any atom is -0.494 e. The zero-order chi connectivity index (χ0) is 27.7. The lowest BCUT2D eigenvalue weighted by molar-refractivity contribution is 0.0697. The Morgan fingerprint density at radius 2 is 2.03 bits per heavy atom. The van der Waals surface area contributed by atoms with Gasteiger partial charge in [-0.25, -0.2) is 19.2 Å². The summed E-state index contributed by atoms with van der Waals surface area (Å²) in [5.74, 6) is -0.139. The molecule has 8 heteroatoms. The average molecular weight is 538 g/mol. The van der Waals surface area contributed by atoms with Crippen LogP contribution < -0.4 is 10.1 Å². The van der Waals surface area contributed by atoms with E-state index in [2.05, 4.69) is 31.1 Å². The van der Waals surface area contributed by atoms with Crippen LogP contribution in [0.2, 0.25) is 0 Å². The van der Waals surface area contributed by atoms with Crippen molar-refractivity contribution in [1.29, 1.82) is 0 Å². The monoisotopic (exact) mass is 537 g/mol. The highest BCUT2D eigenvalue weighted by Gasteiger charge is 2.17. The number of carbonyl (C=O) groups is 1. The number of halogens is 1. The summed E-state index contributed by atoms with van der Waals surface area (Å²) >= 11 is 1.52. The number of aliphatic imine (C=N–C) groups is 1. The van der Waals surface area contributed by atoms with Crippen molar-refractivity contribution in [1.82, 2.24) is 10.3 Å². The van der Waals surface area contributed by atoms with E-state index < -0.39 is 11.8 Å². The molecule has 0 fully saturated rings. The van der Waals surface area contributed by atoms with Crippen LogP contribution in [0, 0.1) is 11.7 Å². The Hall–Kier alpha value is -3.52. The van der Waals surface area contributed by atoms with E-state index >= 15 is 0 Å². The van der Waals surface area contributed by atoms with Crippen LogP contribution in [0.3, 0.4) is 0 Å². The molecule has 1 aromatic carbocycles. The van der Waals surface area contributed by atoms with Gasteiger partial charge < -0.3 is 15.2 Å². The maximum atomic E-state index is 14.7. The summed E-state index contributed by atoms with van der Waals surface area (Å²) in [6.07, 6.45) is 5.81. The molecule has 0 spiro atoms. The minimum absolute atomic E-state index is 0.0317. The van der Waals surface area contributed by atoms with Gasteiger partial charge in [-0.2, -0.15) is 0 Å². The zero-order valence-corrected chi connectivity index (χ0v) is 23.5. The second-order valence-electron chi connectivity index (χ2n) is 9.60. The molecule has 3 aromatic rings. The number of carboxylic acid groups (broad SMARTS) is 1. The van der Waals surface area contributed by atoms with Crippen molar-refractivity contribution in [2.75, 3.05) is 7.11 Å². The van der Waals surface area contributed by atoms with Gasteiger partial charge in [0, 0.05) is 34.3 Å². The SMILES string of the molecule is CCCC/C(=N\c1ncc(-c2cccs2)cc1C(=O)O)N/C(=C(\C)CCC(C)C)c1ccc(OC)c(F)c1. The van der Waals surface area contributed by atoms with Gasteiger partial charge in [-0.3, -0.25) is 0 Å². The second kappa shape index (κ2) is 13.9. The number of allylic oxidation sites excluding steroid dienone is 1. The van der Waals surface area contributed by atoms with E-state index in [4.69, 9.17) is 9.73 Å². The first kappa shape index (κ1) is 29.0. The minimum atomic E-state index is -1.09. The fourth-order valence-electron chi connectivity index (χ4n) is 3.92. The molecule has 2 N–H and O–H groups in total. The predicted molar refractivity (Wildman–Crippen MR) is 154 cm³/mol. The summed E-state index contributed by atoms with van der Waals surface area (Å²) in [4.78, 5) is 22.2. The number of rotatable bonds is 12. The molecule has 3 rings (SSSR count). The van der Waals surface area contributed by atoms with Crippen molar-refractivity contribution in [3.63, 3.8) is 0 Å². The number of unbranched alkanes of at least 4 members (excludes halogenated alkanes) is 1. The first-order chi connectivity index (χ1) is 18.2. The number of ether oxygens (including phenoxy) is 1. The normalized spacial score (nSPS) is 12.4. The second-order valence-corrected chi connectivity index (χ2v) is 10.5. The number of benzene rings is 1. The molecule has 2 aromatic heterocycles. The van der Waals surface area contributed by atoms with E-state index in [-0.39, 0.29) is 17.1 Å². The van der Waals surface area contributed by atoms with Crippen LogP contribution in [0.5, 0.6) is 5.75 Å². The van der Waals surface area contributed by atoms with Crippen LogP contribution >= 0.6 is 11.3 Å². The zero-order valence-electron chi connectivity index (χ0n) is 22.7. The molecule has 0 aliphatic carbocycles. The number of nitrogens with one attached hydrogen (secondary N) is 1. The van der Waals surface area contributed by atoms with Gasteiger partial charge in [0.05, 0.1) is 7.11 Å². The molecule has 0 aliphatic rings. The topological polar surface area (TPSA) is 83.8 Å². The van der Waals surface area contributed by atoms with Crippen molar-refractivity contribution in [3.8, 4) is 16.2 Å². The number of pyridine rings is 1. The smallest absolute Gasteiger partial charge is 0.339 e. The maximum Gasteiger partial charge on any atom is 0.339 e. The van der Waals surface area contributed by atoms with Gasteiger partial charge >= 0.3 is 5.97 Å². The Labute approximate surface area is 228 Å². The third-order valence-electron chi connectivity index (χ3n) is 6.14. The third-order valence-corrected chi connectivity index (χ3v) is 7.06. The molecule has 0 aliphatic heterocycles. The highest BCUT2D eigenvalue weighted by atomic mass is 32.1. The Bertz CT molecular complexity index is 1300. The van der Waals surface area contributed by atoms with Crippen molar-refractivity contribution < 1.29 is 19.0 Å². The quantitative estimate of drug-likeness (QED) is 0.179. The van der Waals surface area contributed by atoms with Crippen molar-refractivity contribution in [2.45, 2.75) is 59.8 Å². The van der Waals surface area contributed by atoms with Crippen LogP contribution in [-0.2, 0) is 0 Å². The molecule has 0 bridgehead atoms. The third kappa shape index (κ3) is 7.74. The average Bonchev–Trinajstić information content (AvgIpc) is 3.44. The molecule has 6 nitrogen and oxygen atoms in total. The van der Waals surface area contributed by atoms with E-state index in [0.29, 0.717) is 23.7 Å². The van der Waals surface area contributed by atoms with Crippen LogP contribution in [0.15, 0.2) is 58.5 Å². The lowest BCUT2D eigenvalue weighted by atomic mass is 9.99. The van der Waals surface area contributed by atoms with Crippen LogP contribution in [0.1, 0.15) is 75.7 Å². The van der Waals surface area contributed by atoms with Crippen molar-refractivity contribution in [3.05, 3.63) is 70.5 Å². The number of aromatic carboxylic acids is 1. The molecular weight excluding hydrogens is 501 g/mol. The Kier molecular flexibility index (Phi) is 10.6. The van der Waals surface area contributed by atoms with Crippen molar-refractivity contribution >= 4 is 34.7 Å². The summed E-state index contributed by atoms with van der Waals surface area (Å²) in [6, 6.07) is 10.3. The molecule has 202 valence electrons. The van der Waals surface area contributed by atoms with Gasteiger partial charge in [0.15, 0.2) is 17.4 Å². The lowest BCUT2D eigenvalue weighted by Gasteiger charge is -2.19. The predicted octanol–water partition coefficient (Wildman–Crippen LogP) is 8.33. The molecule has 38 heavy (non-hydrogen) atoms. The number of nitrogens with zero attached hydrogens (tertiary/aromatic N) is 2. The number of methoxy groups -OCH3 is 1. The number of amidine groups is 1. The fourth-order valence-corrected chi connectivity index (χ4v) is 4.63. The summed E-state index contributed by atoms with van der Waals surface area (Å²) in [6.45, 7) is 8.44. The van der Waals surface area contributed by atoms with Gasteiger partial charge in [0.1, 0.15) is 11.4 Å². The number of carboxylic acids is 1. The largest absolute Gasteiger partial charge is 0.494 e. The summed E-state index contributed by atoms with van der Waals surface area (Å²) in [7, 11) is 1.44. The molecule has 2 heterocycles. The standard InChI is InChI=1S/C30H36FN3O3S/c1-6-7-10-27(34-29-23(30(35)36)16-22(18-32-29)26-9-8-15-38-26)33-28(20(4)12-11-19(2)3)21-13-14-25(37-5)24(31)17-21/h8-9,13-19H,6-7,10-12H2,1-5H3,(H,35,36)(H,32,33,34)/b28-20+. The number of aromatic nitrogens is 1. The first-order valence-electron chi connectivity index (χ1n) is 12.9. The number of hydrogen-bond donors (Lipinski definition) is 2. The van der Waals surface area contributed by atoms with E-state index in [9.17, 15) is 14.3 Å². The molecule has 0 saturated heterocycles. The summed E-state index contributed by atoms with van der Waals surface area (Å²) in [5, 5.41) is 15.3. The lowest BCUT2D eigenvalue weighted by Crippen LogP contribution is -2.23. The molecule has 0 unspecified atom stereocenters. The van der Waals surface area contributed by atoms with Gasteiger partial charge in [-0.15, -0.1) is 11.3 Å². The Morgan fingerprint density at radius 1 is 1.24 bits per heavy atom. The highest BCUT2D eigenvalue weighted by molar-refractivity contribution is 7.13. The Morgan fingerprint density at radius 3 is 2.63 bits per heavy atom. The van der Waals surface area contributed by atoms with Gasteiger partial charge in [-0.1, -0.05) is 33.3 Å².